The second kappa shape index (κ2) is 55.0. The second-order valence-corrected chi connectivity index (χ2v) is 25.9. The molecule has 0 fully saturated rings. The zero-order valence-corrected chi connectivity index (χ0v) is 62.8. The maximum Gasteiger partial charge on any atom is 0.243 e. The smallest absolute Gasteiger partial charge is 0.243 e. The zero-order valence-electron chi connectivity index (χ0n) is 62.8. The fourth-order valence-corrected chi connectivity index (χ4v) is 10.6. The zero-order chi connectivity index (χ0) is 84.3. The molecular weight excluding hydrogens is 1470 g/mol. The lowest BCUT2D eigenvalue weighted by atomic mass is 10.0. The minimum absolute atomic E-state index is 0.000200. The first-order valence-electron chi connectivity index (χ1n) is 36.3. The number of phenolic OH excluding ortho intramolecular Hbond substituents is 1. The predicted molar refractivity (Wildman–Crippen MR) is 415 cm³/mol. The summed E-state index contributed by atoms with van der Waals surface area (Å²) in [4.78, 5) is 168. The first-order valence-corrected chi connectivity index (χ1v) is 36.3. The number of guanidine groups is 7. The second-order valence-electron chi connectivity index (χ2n) is 25.9. The van der Waals surface area contributed by atoms with Crippen LogP contribution in [0.4, 0.5) is 0 Å². The van der Waals surface area contributed by atoms with Crippen LogP contribution in [0.1, 0.15) is 128 Å². The molecule has 47 N–H and O–H groups in total. The molecule has 12 amide bonds. The maximum absolute atomic E-state index is 14.9. The molecular formula is C64H119N35O13. The van der Waals surface area contributed by atoms with E-state index in [-0.39, 0.29) is 173 Å². The van der Waals surface area contributed by atoms with Crippen molar-refractivity contribution < 1.29 is 62.6 Å². The first-order chi connectivity index (χ1) is 52.9. The molecule has 1 aromatic carbocycles. The van der Waals surface area contributed by atoms with Gasteiger partial charge in [-0.25, -0.2) is 0 Å². The topological polar surface area (TPSA) is 883 Å². The van der Waals surface area contributed by atoms with E-state index < -0.39 is 186 Å². The third-order valence-electron chi connectivity index (χ3n) is 16.4. The van der Waals surface area contributed by atoms with Gasteiger partial charge in [0.05, 0.1) is 12.6 Å². The Morgan fingerprint density at radius 3 is 0.804 bits per heavy atom. The van der Waals surface area contributed by atoms with Gasteiger partial charge in [-0.2, -0.15) is 0 Å². The van der Waals surface area contributed by atoms with Crippen molar-refractivity contribution in [1.82, 2.24) is 90.4 Å². The number of nitrogens with one attached hydrogen (secondary N) is 24. The SMILES string of the molecule is N=C(N)NCCC[C@H](NC(=O)[C@H](CCCNC(=N)N)NC(=O)[C@H](CCCNC(=N)N)NC(=O)[C@H](CCC(N)=O)NC(=O)[C@H](CCCNC(=N)N)NC(=O)[C@H](CCCNC(=N)N)NC(=O)[C@H](CCCCN)NC(=O)[C@H](CCCNC(=N)N)NC(=O)[C@H](CCCNC(=N)N)NC(=O)CNC(=O)[C@@H](N)Cc1ccc(O)cc1)C(N)=O. The van der Waals surface area contributed by atoms with Crippen molar-refractivity contribution in [3.63, 3.8) is 0 Å². The molecule has 0 heterocycles. The van der Waals surface area contributed by atoms with Gasteiger partial charge in [-0.3, -0.25) is 95.4 Å². The third-order valence-corrected chi connectivity index (χ3v) is 16.4. The van der Waals surface area contributed by atoms with E-state index in [0.29, 0.717) is 12.0 Å². The Hall–Kier alpha value is -12.5. The van der Waals surface area contributed by atoms with Crippen LogP contribution in [0.25, 0.3) is 0 Å². The number of amides is 12. The van der Waals surface area contributed by atoms with Crippen molar-refractivity contribution in [3.8, 4) is 5.75 Å². The van der Waals surface area contributed by atoms with E-state index in [0.717, 1.165) is 0 Å². The number of carbonyl (C=O) groups excluding carboxylic acids is 12. The average molecular weight is 1590 g/mol. The van der Waals surface area contributed by atoms with Crippen molar-refractivity contribution in [2.75, 3.05) is 58.9 Å². The molecule has 0 radical (unpaired) electrons. The molecule has 0 unspecified atom stereocenters. The van der Waals surface area contributed by atoms with Crippen LogP contribution < -0.4 is 153 Å². The van der Waals surface area contributed by atoms with Crippen molar-refractivity contribution in [1.29, 1.82) is 37.9 Å². The number of unbranched alkanes of at least 4 members (excludes halogenated alkanes) is 1. The summed E-state index contributed by atoms with van der Waals surface area (Å²) >= 11 is 0. The van der Waals surface area contributed by atoms with Gasteiger partial charge in [-0.1, -0.05) is 12.1 Å². The van der Waals surface area contributed by atoms with Crippen molar-refractivity contribution >= 4 is 113 Å². The van der Waals surface area contributed by atoms with Gasteiger partial charge in [0.2, 0.25) is 70.9 Å². The summed E-state index contributed by atoms with van der Waals surface area (Å²) in [7, 11) is 0. The summed E-state index contributed by atoms with van der Waals surface area (Å²) < 4.78 is 0. The number of primary amides is 2. The number of phenols is 1. The Bertz CT molecular complexity index is 3310. The number of aromatic hydroxyl groups is 1. The highest BCUT2D eigenvalue weighted by Gasteiger charge is 2.36. The number of rotatable bonds is 58. The van der Waals surface area contributed by atoms with Crippen molar-refractivity contribution in [2.45, 2.75) is 189 Å². The first kappa shape index (κ1) is 97.5. The highest BCUT2D eigenvalue weighted by molar-refractivity contribution is 5.99. The Labute approximate surface area is 647 Å². The summed E-state index contributed by atoms with van der Waals surface area (Å²) in [5, 5.41) is 107. The Kier molecular flexibility index (Phi) is 47.8. The number of hydrogen-bond donors (Lipinski definition) is 36. The van der Waals surface area contributed by atoms with Gasteiger partial charge in [0.1, 0.15) is 60.1 Å². The van der Waals surface area contributed by atoms with Gasteiger partial charge < -0.3 is 159 Å². The summed E-state index contributed by atoms with van der Waals surface area (Å²) in [6.45, 7) is -0.434. The normalized spacial score (nSPS) is 13.4. The molecule has 48 heteroatoms. The molecule has 0 bridgehead atoms. The van der Waals surface area contributed by atoms with Gasteiger partial charge >= 0.3 is 0 Å². The lowest BCUT2D eigenvalue weighted by Gasteiger charge is -2.28. The van der Waals surface area contributed by atoms with Crippen LogP contribution in [0, 0.1) is 37.9 Å². The lowest BCUT2D eigenvalue weighted by molar-refractivity contribution is -0.136. The van der Waals surface area contributed by atoms with E-state index >= 15 is 0 Å². The molecule has 112 heavy (non-hydrogen) atoms. The number of benzene rings is 1. The highest BCUT2D eigenvalue weighted by atomic mass is 16.3. The van der Waals surface area contributed by atoms with E-state index in [2.05, 4.69) is 90.4 Å². The molecule has 0 aliphatic heterocycles. The van der Waals surface area contributed by atoms with Crippen LogP contribution in [0.3, 0.4) is 0 Å². The van der Waals surface area contributed by atoms with Gasteiger partial charge in [-0.05, 0) is 146 Å². The predicted octanol–water partition coefficient (Wildman–Crippen LogP) is -11.5. The molecule has 0 aliphatic carbocycles. The molecule has 0 spiro atoms. The minimum Gasteiger partial charge on any atom is -0.508 e. The molecule has 0 aliphatic rings. The van der Waals surface area contributed by atoms with Crippen LogP contribution in [-0.4, -0.2) is 237 Å². The molecule has 628 valence electrons. The monoisotopic (exact) mass is 1590 g/mol. The highest BCUT2D eigenvalue weighted by Crippen LogP contribution is 2.14. The van der Waals surface area contributed by atoms with Crippen LogP contribution in [0.5, 0.6) is 5.75 Å². The lowest BCUT2D eigenvalue weighted by Crippen LogP contribution is -2.60. The average Bonchev–Trinajstić information content (AvgIpc) is 0.858. The molecule has 0 saturated carbocycles. The molecule has 10 atom stereocenters. The summed E-state index contributed by atoms with van der Waals surface area (Å²) in [6, 6.07) is -8.96. The van der Waals surface area contributed by atoms with Crippen LogP contribution in [-0.2, 0) is 64.0 Å². The standard InChI is InChI=1S/C64H119N35O13/c65-24-2-1-10-39(93-53(108)41(14-6-28-86-61(75)76)94-50(105)38(12-4-26-84-59(71)72)91-47(102)33-90-49(104)36(66)32-34-18-20-35(100)21-19-34)52(107)96-42(15-7-29-87-62(77)78)54(109)97-44(17-9-31-89-64(81)82)56(111)99-45(22-23-46(67)101)57(112)98-43(16-8-30-88-63(79)80)55(110)95-40(13-5-27-85-60(73)74)51(106)92-37(48(68)103)11-3-25-83-58(69)70/h18-21,36-45,100H,1-17,22-33,65-66H2,(H2,67,101)(H2,68,103)(H,90,104)(H,91,102)(H,92,106)(H,93,108)(H,94,105)(H,95,110)(H,96,107)(H,97,109)(H,98,112)(H,99,111)(H4,69,70,83)(H4,71,72,84)(H4,73,74,85)(H4,75,76,86)(H4,77,78,87)(H4,79,80,88)(H4,81,82,89)/t36-,37-,38-,39-,40-,41-,42-,43-,44-,45-/m0/s1. The fourth-order valence-electron chi connectivity index (χ4n) is 10.6. The fraction of sp³-hybridized carbons (Fsp3) is 0.609. The molecule has 1 aromatic rings. The van der Waals surface area contributed by atoms with E-state index in [9.17, 15) is 62.6 Å². The largest absolute Gasteiger partial charge is 0.508 e. The summed E-state index contributed by atoms with van der Waals surface area (Å²) in [6.07, 6.45) is -1.52. The molecule has 0 aromatic heterocycles. The molecule has 0 saturated heterocycles. The van der Waals surface area contributed by atoms with Gasteiger partial charge in [0, 0.05) is 52.2 Å². The quantitative estimate of drug-likeness (QED) is 0.0164. The molecule has 1 rings (SSSR count). The summed E-state index contributed by atoms with van der Waals surface area (Å²) in [5.41, 5.74) is 62.1. The third kappa shape index (κ3) is 45.3. The number of nitrogens with two attached hydrogens (primary N) is 11. The minimum atomic E-state index is -1.75. The van der Waals surface area contributed by atoms with Gasteiger partial charge in [-0.15, -0.1) is 0 Å². The van der Waals surface area contributed by atoms with E-state index in [4.69, 9.17) is 101 Å². The number of carbonyl (C=O) groups is 12. The van der Waals surface area contributed by atoms with E-state index in [1.165, 1.54) is 12.1 Å². The van der Waals surface area contributed by atoms with Crippen LogP contribution >= 0.6 is 0 Å². The Balaban J connectivity index is 3.91. The van der Waals surface area contributed by atoms with Crippen LogP contribution in [0.15, 0.2) is 24.3 Å². The van der Waals surface area contributed by atoms with Gasteiger partial charge in [0.25, 0.3) is 0 Å². The van der Waals surface area contributed by atoms with E-state index in [1.807, 2.05) is 0 Å². The molecule has 48 nitrogen and oxygen atoms in total. The van der Waals surface area contributed by atoms with E-state index in [1.54, 1.807) is 12.1 Å². The number of hydrogen-bond acceptors (Lipinski definition) is 22. The Morgan fingerprint density at radius 2 is 0.554 bits per heavy atom. The van der Waals surface area contributed by atoms with Crippen LogP contribution in [0.2, 0.25) is 0 Å². The van der Waals surface area contributed by atoms with Gasteiger partial charge in [0.15, 0.2) is 41.7 Å². The Morgan fingerprint density at radius 1 is 0.312 bits per heavy atom. The van der Waals surface area contributed by atoms with Crippen molar-refractivity contribution in [2.24, 2.45) is 63.1 Å². The van der Waals surface area contributed by atoms with Crippen molar-refractivity contribution in [3.05, 3.63) is 29.8 Å². The maximum atomic E-state index is 14.9. The summed E-state index contributed by atoms with van der Waals surface area (Å²) in [5.74, 6) is -14.4.